The molecule has 3 rings (SSSR count). The summed E-state index contributed by atoms with van der Waals surface area (Å²) in [6.07, 6.45) is 4.70. The minimum absolute atomic E-state index is 0.0229. The van der Waals surface area contributed by atoms with Crippen LogP contribution in [-0.2, 0) is 11.3 Å². The number of amides is 1. The maximum absolute atomic E-state index is 11.8. The van der Waals surface area contributed by atoms with Crippen LogP contribution in [0.2, 0.25) is 5.02 Å². The van der Waals surface area contributed by atoms with Crippen LogP contribution >= 0.6 is 11.6 Å². The highest BCUT2D eigenvalue weighted by molar-refractivity contribution is 6.30. The van der Waals surface area contributed by atoms with E-state index in [0.29, 0.717) is 23.1 Å². The molecule has 1 aromatic carbocycles. The maximum atomic E-state index is 11.8. The number of benzene rings is 1. The van der Waals surface area contributed by atoms with Crippen molar-refractivity contribution < 1.29 is 14.1 Å². The third-order valence-electron chi connectivity index (χ3n) is 3.86. The summed E-state index contributed by atoms with van der Waals surface area (Å²) in [5.41, 5.74) is 3.90. The Hall–Kier alpha value is -3.46. The van der Waals surface area contributed by atoms with Crippen molar-refractivity contribution in [2.75, 3.05) is 0 Å². The Bertz CT molecular complexity index is 1040. The van der Waals surface area contributed by atoms with Crippen molar-refractivity contribution in [1.29, 1.82) is 0 Å². The van der Waals surface area contributed by atoms with Crippen LogP contribution in [0.1, 0.15) is 17.7 Å². The molecule has 2 aromatic heterocycles. The first-order valence-electron chi connectivity index (χ1n) is 8.27. The minimum Gasteiger partial charge on any atom is -0.455 e. The van der Waals surface area contributed by atoms with E-state index in [-0.39, 0.29) is 18.0 Å². The lowest BCUT2D eigenvalue weighted by Gasteiger charge is -2.02. The zero-order valence-corrected chi connectivity index (χ0v) is 15.6. The standard InChI is InChI=1S/C18H16ClN5O4/c1-12-8-14(24(26)27)2-4-16(12)17-5-3-15(28-17)10-20-22-18(25)6-7-23-11-13(19)9-21-23/h2-5,8-11H,6-7H2,1H3,(H,22,25)/b20-10-. The predicted molar refractivity (Wildman–Crippen MR) is 103 cm³/mol. The number of non-ortho nitro benzene ring substituents is 1. The molecule has 3 aromatic rings. The SMILES string of the molecule is Cc1cc([N+](=O)[O-])ccc1-c1ccc(/C=N\NC(=O)CCn2cc(Cl)cn2)o1. The highest BCUT2D eigenvalue weighted by Gasteiger charge is 2.12. The Balaban J connectivity index is 1.56. The molecule has 0 spiro atoms. The summed E-state index contributed by atoms with van der Waals surface area (Å²) in [5.74, 6) is 0.712. The van der Waals surface area contributed by atoms with E-state index in [2.05, 4.69) is 15.6 Å². The van der Waals surface area contributed by atoms with E-state index in [4.69, 9.17) is 16.0 Å². The zero-order valence-electron chi connectivity index (χ0n) is 14.8. The zero-order chi connectivity index (χ0) is 20.1. The van der Waals surface area contributed by atoms with Crippen molar-refractivity contribution in [2.24, 2.45) is 5.10 Å². The number of nitrogens with one attached hydrogen (secondary N) is 1. The number of halogens is 1. The van der Waals surface area contributed by atoms with Crippen LogP contribution < -0.4 is 5.43 Å². The number of hydrogen-bond acceptors (Lipinski definition) is 6. The van der Waals surface area contributed by atoms with Crippen molar-refractivity contribution in [1.82, 2.24) is 15.2 Å². The molecule has 0 aliphatic heterocycles. The van der Waals surface area contributed by atoms with Gasteiger partial charge >= 0.3 is 0 Å². The molecule has 1 amide bonds. The van der Waals surface area contributed by atoms with Crippen molar-refractivity contribution in [3.63, 3.8) is 0 Å². The molecule has 0 aliphatic carbocycles. The molecule has 0 fully saturated rings. The third-order valence-corrected chi connectivity index (χ3v) is 4.06. The van der Waals surface area contributed by atoms with Crippen LogP contribution in [0.5, 0.6) is 0 Å². The second kappa shape index (κ2) is 8.49. The molecular weight excluding hydrogens is 386 g/mol. The van der Waals surface area contributed by atoms with Gasteiger partial charge in [-0.05, 0) is 30.7 Å². The van der Waals surface area contributed by atoms with Gasteiger partial charge in [-0.15, -0.1) is 0 Å². The van der Waals surface area contributed by atoms with Gasteiger partial charge in [-0.3, -0.25) is 19.6 Å². The van der Waals surface area contributed by atoms with Crippen molar-refractivity contribution in [2.45, 2.75) is 19.9 Å². The van der Waals surface area contributed by atoms with E-state index in [1.54, 1.807) is 36.0 Å². The van der Waals surface area contributed by atoms with Gasteiger partial charge in [-0.2, -0.15) is 10.2 Å². The lowest BCUT2D eigenvalue weighted by atomic mass is 10.1. The highest BCUT2D eigenvalue weighted by Crippen LogP contribution is 2.28. The smallest absolute Gasteiger partial charge is 0.269 e. The lowest BCUT2D eigenvalue weighted by Crippen LogP contribution is -2.19. The fourth-order valence-electron chi connectivity index (χ4n) is 2.51. The molecule has 0 atom stereocenters. The summed E-state index contributed by atoms with van der Waals surface area (Å²) in [5, 5.41) is 19.2. The minimum atomic E-state index is -0.444. The molecule has 0 saturated heterocycles. The van der Waals surface area contributed by atoms with Gasteiger partial charge in [0.1, 0.15) is 11.5 Å². The summed E-state index contributed by atoms with van der Waals surface area (Å²) in [6, 6.07) is 7.97. The topological polar surface area (TPSA) is 116 Å². The predicted octanol–water partition coefficient (Wildman–Crippen LogP) is 3.55. The monoisotopic (exact) mass is 401 g/mol. The molecule has 0 radical (unpaired) electrons. The normalized spacial score (nSPS) is 11.1. The number of furan rings is 1. The number of nitro groups is 1. The Morgan fingerprint density at radius 2 is 2.25 bits per heavy atom. The molecule has 1 N–H and O–H groups in total. The molecule has 2 heterocycles. The summed E-state index contributed by atoms with van der Waals surface area (Å²) >= 11 is 5.76. The summed E-state index contributed by atoms with van der Waals surface area (Å²) in [4.78, 5) is 22.2. The van der Waals surface area contributed by atoms with Gasteiger partial charge in [0.15, 0.2) is 0 Å². The van der Waals surface area contributed by atoms with Gasteiger partial charge in [-0.1, -0.05) is 11.6 Å². The molecule has 10 heteroatoms. The molecule has 0 bridgehead atoms. The Morgan fingerprint density at radius 3 is 2.93 bits per heavy atom. The van der Waals surface area contributed by atoms with Gasteiger partial charge in [0.05, 0.1) is 22.4 Å². The maximum Gasteiger partial charge on any atom is 0.269 e. The number of aryl methyl sites for hydroxylation is 2. The first kappa shape index (κ1) is 19.3. The van der Waals surface area contributed by atoms with Crippen molar-refractivity contribution >= 4 is 29.4 Å². The van der Waals surface area contributed by atoms with Gasteiger partial charge in [0.2, 0.25) is 5.91 Å². The van der Waals surface area contributed by atoms with Crippen LogP contribution in [0.25, 0.3) is 11.3 Å². The first-order chi connectivity index (χ1) is 13.4. The molecule has 0 unspecified atom stereocenters. The average Bonchev–Trinajstić information content (AvgIpc) is 3.29. The average molecular weight is 402 g/mol. The van der Waals surface area contributed by atoms with Crippen molar-refractivity contribution in [3.8, 4) is 11.3 Å². The number of rotatable bonds is 7. The van der Waals surface area contributed by atoms with Crippen LogP contribution in [0.15, 0.2) is 52.2 Å². The van der Waals surface area contributed by atoms with E-state index in [1.165, 1.54) is 24.5 Å². The number of nitrogens with zero attached hydrogens (tertiary/aromatic N) is 4. The molecule has 9 nitrogen and oxygen atoms in total. The number of aromatic nitrogens is 2. The van der Waals surface area contributed by atoms with Gasteiger partial charge < -0.3 is 4.42 Å². The van der Waals surface area contributed by atoms with Crippen LogP contribution in [-0.4, -0.2) is 26.8 Å². The third kappa shape index (κ3) is 4.83. The van der Waals surface area contributed by atoms with Crippen molar-refractivity contribution in [3.05, 3.63) is 69.2 Å². The number of nitro benzene ring substituents is 1. The van der Waals surface area contributed by atoms with Gasteiger partial charge in [0.25, 0.3) is 5.69 Å². The Labute approximate surface area is 164 Å². The first-order valence-corrected chi connectivity index (χ1v) is 8.65. The van der Waals surface area contributed by atoms with Crippen LogP contribution in [0.3, 0.4) is 0 Å². The van der Waals surface area contributed by atoms with Crippen LogP contribution in [0.4, 0.5) is 5.69 Å². The fraction of sp³-hybridized carbons (Fsp3) is 0.167. The highest BCUT2D eigenvalue weighted by atomic mass is 35.5. The fourth-order valence-corrected chi connectivity index (χ4v) is 2.66. The second-order valence-electron chi connectivity index (χ2n) is 5.92. The number of carbonyl (C=O) groups excluding carboxylic acids is 1. The largest absolute Gasteiger partial charge is 0.455 e. The van der Waals surface area contributed by atoms with E-state index in [9.17, 15) is 14.9 Å². The van der Waals surface area contributed by atoms with Gasteiger partial charge in [0, 0.05) is 36.9 Å². The molecule has 28 heavy (non-hydrogen) atoms. The molecule has 0 saturated carbocycles. The number of hydrazone groups is 1. The second-order valence-corrected chi connectivity index (χ2v) is 6.36. The summed E-state index contributed by atoms with van der Waals surface area (Å²) in [7, 11) is 0. The molecular formula is C18H16ClN5O4. The van der Waals surface area contributed by atoms with Gasteiger partial charge in [-0.25, -0.2) is 5.43 Å². The van der Waals surface area contributed by atoms with E-state index in [1.807, 2.05) is 0 Å². The van der Waals surface area contributed by atoms with E-state index >= 15 is 0 Å². The molecule has 144 valence electrons. The summed E-state index contributed by atoms with van der Waals surface area (Å²) < 4.78 is 7.23. The Kier molecular flexibility index (Phi) is 5.85. The number of carbonyl (C=O) groups is 1. The van der Waals surface area contributed by atoms with E-state index < -0.39 is 4.92 Å². The lowest BCUT2D eigenvalue weighted by molar-refractivity contribution is -0.384. The molecule has 0 aliphatic rings. The quantitative estimate of drug-likeness (QED) is 0.369. The van der Waals surface area contributed by atoms with E-state index in [0.717, 1.165) is 11.1 Å². The van der Waals surface area contributed by atoms with Crippen LogP contribution in [0, 0.1) is 17.0 Å². The summed E-state index contributed by atoms with van der Waals surface area (Å²) in [6.45, 7) is 2.16. The number of hydrogen-bond donors (Lipinski definition) is 1. The Morgan fingerprint density at radius 1 is 1.43 bits per heavy atom.